The topological polar surface area (TPSA) is 60.0 Å². The highest BCUT2D eigenvalue weighted by atomic mass is 79.9. The lowest BCUT2D eigenvalue weighted by Gasteiger charge is -2.35. The van der Waals surface area contributed by atoms with Crippen LogP contribution in [0.25, 0.3) is 0 Å². The molecule has 0 radical (unpaired) electrons. The Morgan fingerprint density at radius 2 is 1.90 bits per heavy atom. The van der Waals surface area contributed by atoms with Crippen LogP contribution in [-0.2, 0) is 4.74 Å². The van der Waals surface area contributed by atoms with E-state index in [0.29, 0.717) is 41.8 Å². The number of nitrogens with zero attached hydrogens (tertiary/aromatic N) is 1. The maximum Gasteiger partial charge on any atom is 0.252 e. The van der Waals surface area contributed by atoms with Crippen LogP contribution in [0.3, 0.4) is 0 Å². The van der Waals surface area contributed by atoms with Gasteiger partial charge in [-0.15, -0.1) is 0 Å². The summed E-state index contributed by atoms with van der Waals surface area (Å²) in [6.07, 6.45) is 0. The van der Waals surface area contributed by atoms with Crippen LogP contribution >= 0.6 is 27.5 Å². The summed E-state index contributed by atoms with van der Waals surface area (Å²) in [4.78, 5) is 15.1. The Bertz CT molecular complexity index is 859. The van der Waals surface area contributed by atoms with Gasteiger partial charge in [0.05, 0.1) is 44.1 Å². The maximum atomic E-state index is 12.8. The van der Waals surface area contributed by atoms with Crippen LogP contribution in [0.5, 0.6) is 11.5 Å². The summed E-state index contributed by atoms with van der Waals surface area (Å²) >= 11 is 9.59. The van der Waals surface area contributed by atoms with Crippen molar-refractivity contribution in [1.29, 1.82) is 0 Å². The van der Waals surface area contributed by atoms with Crippen molar-refractivity contribution in [1.82, 2.24) is 10.2 Å². The van der Waals surface area contributed by atoms with Crippen molar-refractivity contribution in [2.75, 3.05) is 47.1 Å². The molecule has 1 unspecified atom stereocenters. The number of carbonyl (C=O) groups excluding carboxylic acids is 1. The van der Waals surface area contributed by atoms with E-state index in [1.165, 1.54) is 0 Å². The monoisotopic (exact) mass is 482 g/mol. The SMILES string of the molecule is COc1ccc(C(CNC(=O)c2cc(Br)ccc2Cl)N2CCOCC2)cc1OC. The third-order valence-corrected chi connectivity index (χ3v) is 5.73. The number of carbonyl (C=O) groups is 1. The molecule has 8 heteroatoms. The number of hydrogen-bond donors (Lipinski definition) is 1. The van der Waals surface area contributed by atoms with Gasteiger partial charge in [-0.3, -0.25) is 9.69 Å². The number of halogens is 2. The molecule has 0 saturated carbocycles. The van der Waals surface area contributed by atoms with Crippen LogP contribution in [-0.4, -0.2) is 57.9 Å². The fraction of sp³-hybridized carbons (Fsp3) is 0.381. The van der Waals surface area contributed by atoms with Crippen molar-refractivity contribution in [3.05, 3.63) is 57.0 Å². The summed E-state index contributed by atoms with van der Waals surface area (Å²) < 4.78 is 17.1. The second kappa shape index (κ2) is 10.3. The minimum atomic E-state index is -0.213. The Labute approximate surface area is 184 Å². The minimum Gasteiger partial charge on any atom is -0.493 e. The number of amides is 1. The molecule has 1 amide bonds. The van der Waals surface area contributed by atoms with E-state index in [4.69, 9.17) is 25.8 Å². The van der Waals surface area contributed by atoms with Crippen molar-refractivity contribution in [3.8, 4) is 11.5 Å². The Morgan fingerprint density at radius 1 is 1.17 bits per heavy atom. The highest BCUT2D eigenvalue weighted by molar-refractivity contribution is 9.10. The van der Waals surface area contributed by atoms with E-state index in [9.17, 15) is 4.79 Å². The number of rotatable bonds is 7. The smallest absolute Gasteiger partial charge is 0.252 e. The molecule has 1 aliphatic rings. The molecule has 6 nitrogen and oxygen atoms in total. The van der Waals surface area contributed by atoms with Gasteiger partial charge in [-0.05, 0) is 35.9 Å². The molecule has 0 aliphatic carbocycles. The summed E-state index contributed by atoms with van der Waals surface area (Å²) in [6.45, 7) is 3.32. The molecule has 1 heterocycles. The Morgan fingerprint density at radius 3 is 2.59 bits per heavy atom. The second-order valence-corrected chi connectivity index (χ2v) is 7.94. The molecule has 1 fully saturated rings. The molecule has 0 spiro atoms. The van der Waals surface area contributed by atoms with Gasteiger partial charge < -0.3 is 19.5 Å². The molecule has 2 aromatic carbocycles. The van der Waals surface area contributed by atoms with Crippen LogP contribution in [0.2, 0.25) is 5.02 Å². The van der Waals surface area contributed by atoms with E-state index in [2.05, 4.69) is 26.1 Å². The molecule has 0 aromatic heterocycles. The van der Waals surface area contributed by atoms with E-state index >= 15 is 0 Å². The first-order valence-corrected chi connectivity index (χ1v) is 10.5. The Hall–Kier alpha value is -1.80. The molecular weight excluding hydrogens is 460 g/mol. The summed E-state index contributed by atoms with van der Waals surface area (Å²) in [7, 11) is 3.22. The van der Waals surface area contributed by atoms with Crippen LogP contribution < -0.4 is 14.8 Å². The number of methoxy groups -OCH3 is 2. The van der Waals surface area contributed by atoms with E-state index in [-0.39, 0.29) is 11.9 Å². The Balaban J connectivity index is 1.82. The second-order valence-electron chi connectivity index (χ2n) is 6.61. The van der Waals surface area contributed by atoms with Gasteiger partial charge in [0.25, 0.3) is 5.91 Å². The first kappa shape index (κ1) is 21.9. The van der Waals surface area contributed by atoms with E-state index in [1.54, 1.807) is 32.4 Å². The maximum absolute atomic E-state index is 12.8. The number of ether oxygens (including phenoxy) is 3. The molecule has 1 N–H and O–H groups in total. The molecule has 1 saturated heterocycles. The quantitative estimate of drug-likeness (QED) is 0.647. The molecule has 1 atom stereocenters. The summed E-state index contributed by atoms with van der Waals surface area (Å²) in [6, 6.07) is 11.0. The molecule has 0 bridgehead atoms. The number of nitrogens with one attached hydrogen (secondary N) is 1. The first-order valence-electron chi connectivity index (χ1n) is 9.30. The van der Waals surface area contributed by atoms with Crippen molar-refractivity contribution in [2.24, 2.45) is 0 Å². The zero-order chi connectivity index (χ0) is 20.8. The van der Waals surface area contributed by atoms with Gasteiger partial charge in [-0.1, -0.05) is 33.6 Å². The number of morpholine rings is 1. The predicted octanol–water partition coefficient (Wildman–Crippen LogP) is 3.92. The molecule has 2 aromatic rings. The van der Waals surface area contributed by atoms with Crippen LogP contribution in [0.15, 0.2) is 40.9 Å². The van der Waals surface area contributed by atoms with Crippen molar-refractivity contribution < 1.29 is 19.0 Å². The van der Waals surface area contributed by atoms with E-state index in [1.807, 2.05) is 18.2 Å². The lowest BCUT2D eigenvalue weighted by molar-refractivity contribution is 0.0162. The van der Waals surface area contributed by atoms with Gasteiger partial charge >= 0.3 is 0 Å². The van der Waals surface area contributed by atoms with E-state index < -0.39 is 0 Å². The lowest BCUT2D eigenvalue weighted by atomic mass is 10.0. The van der Waals surface area contributed by atoms with Crippen LogP contribution in [0.4, 0.5) is 0 Å². The molecule has 1 aliphatic heterocycles. The minimum absolute atomic E-state index is 0.0337. The van der Waals surface area contributed by atoms with E-state index in [0.717, 1.165) is 23.1 Å². The zero-order valence-corrected chi connectivity index (χ0v) is 18.8. The number of hydrogen-bond acceptors (Lipinski definition) is 5. The first-order chi connectivity index (χ1) is 14.0. The standard InChI is InChI=1S/C21H24BrClN2O4/c1-27-19-6-3-14(11-20(19)28-2)18(25-7-9-29-10-8-25)13-24-21(26)16-12-15(22)4-5-17(16)23/h3-6,11-12,18H,7-10,13H2,1-2H3,(H,24,26). The summed E-state index contributed by atoms with van der Waals surface area (Å²) in [5, 5.41) is 3.45. The van der Waals surface area contributed by atoms with Crippen molar-refractivity contribution in [2.45, 2.75) is 6.04 Å². The molecule has 3 rings (SSSR count). The Kier molecular flexibility index (Phi) is 7.77. The zero-order valence-electron chi connectivity index (χ0n) is 16.4. The third kappa shape index (κ3) is 5.42. The summed E-state index contributed by atoms with van der Waals surface area (Å²) in [5.74, 6) is 1.11. The van der Waals surface area contributed by atoms with Gasteiger partial charge in [0.1, 0.15) is 0 Å². The number of benzene rings is 2. The average molecular weight is 484 g/mol. The van der Waals surface area contributed by atoms with Crippen LogP contribution in [0.1, 0.15) is 22.0 Å². The van der Waals surface area contributed by atoms with Crippen LogP contribution in [0, 0.1) is 0 Å². The largest absolute Gasteiger partial charge is 0.493 e. The molecule has 29 heavy (non-hydrogen) atoms. The average Bonchev–Trinajstić information content (AvgIpc) is 2.76. The highest BCUT2D eigenvalue weighted by Crippen LogP contribution is 2.32. The van der Waals surface area contributed by atoms with Gasteiger partial charge in [-0.25, -0.2) is 0 Å². The fourth-order valence-corrected chi connectivity index (χ4v) is 3.93. The lowest BCUT2D eigenvalue weighted by Crippen LogP contribution is -2.43. The molecular formula is C21H24BrClN2O4. The van der Waals surface area contributed by atoms with Gasteiger partial charge in [-0.2, -0.15) is 0 Å². The predicted molar refractivity (Wildman–Crippen MR) is 116 cm³/mol. The van der Waals surface area contributed by atoms with Crippen molar-refractivity contribution >= 4 is 33.4 Å². The molecule has 156 valence electrons. The third-order valence-electron chi connectivity index (χ3n) is 4.91. The van der Waals surface area contributed by atoms with Crippen molar-refractivity contribution in [3.63, 3.8) is 0 Å². The highest BCUT2D eigenvalue weighted by Gasteiger charge is 2.25. The van der Waals surface area contributed by atoms with Gasteiger partial charge in [0.15, 0.2) is 11.5 Å². The fourth-order valence-electron chi connectivity index (χ4n) is 3.36. The van der Waals surface area contributed by atoms with Gasteiger partial charge in [0, 0.05) is 24.1 Å². The van der Waals surface area contributed by atoms with Gasteiger partial charge in [0.2, 0.25) is 0 Å². The summed E-state index contributed by atoms with van der Waals surface area (Å²) in [5.41, 5.74) is 1.47. The normalized spacial score (nSPS) is 15.6.